The third-order valence-electron chi connectivity index (χ3n) is 29.4. The lowest BCUT2D eigenvalue weighted by Crippen LogP contribution is -2.12. The van der Waals surface area contributed by atoms with Crippen LogP contribution in [0.15, 0.2) is 122 Å². The zero-order valence-corrected chi connectivity index (χ0v) is 100. The highest BCUT2D eigenvalue weighted by molar-refractivity contribution is 7.27. The number of hydrogen-bond acceptors (Lipinski definition) is 30. The topological polar surface area (TPSA) is 192 Å². The second-order valence-corrected chi connectivity index (χ2v) is 53.4. The van der Waals surface area contributed by atoms with Gasteiger partial charge in [0, 0.05) is 127 Å². The lowest BCUT2D eigenvalue weighted by molar-refractivity contribution is 0.235. The summed E-state index contributed by atoms with van der Waals surface area (Å²) in [6.07, 6.45) is 51.2. The van der Waals surface area contributed by atoms with Gasteiger partial charge in [-0.2, -0.15) is 35.0 Å². The van der Waals surface area contributed by atoms with E-state index in [1.807, 2.05) is 70.1 Å². The average Bonchev–Trinajstić information content (AvgIpc) is 1.57. The number of rotatable bonds is 58. The van der Waals surface area contributed by atoms with Crippen molar-refractivity contribution in [2.45, 2.75) is 314 Å². The lowest BCUT2D eigenvalue weighted by Gasteiger charge is -2.19. The Bertz CT molecular complexity index is 7230. The Morgan fingerprint density at radius 1 is 0.213 bits per heavy atom. The normalized spacial score (nSPS) is 12.8. The van der Waals surface area contributed by atoms with Gasteiger partial charge in [0.15, 0.2) is 0 Å². The van der Waals surface area contributed by atoms with Crippen LogP contribution in [-0.2, 0) is 25.7 Å². The standard InChI is InChI=1S/C64H72N6O2S8.C56H68N6O2S6/c1-7-13-17-19-23-41-25-27-47(73-41)49-29-31-51(75-49)57-59-55(67-79-69-59)45(35-65-57)53-33-43-61(71-37-39(11-5)21-15-9-3)64-44(62(63(43)77-53)72-38-40(12-6)22-16-10-4)34-54(78-64)46-36-66-58(60-56(46)68-80-70-60)52-32-30-50(76-52)48-28-26-42(74-48)24-20-18-14-8-2;1-7-13-17-19-23-37-25-27-43(65-37)49-51-47(59-69-61-51)41(31-57-49)45-29-39-53(63-33-35(11-5)21-15-9-3)56-40(54(55(39)67-45)64-34-36(12-6)22-16-10-4)30-46(68-56)42-32-58-50(52-48(42)60-70-62-52)44-28-26-38(66-44)24-20-18-14-8-2/h25-36,39-40H,7-24,37-38H2,1-6H3;25-32,35-36H,7-24,33-34H2,1-6H3. The fourth-order valence-electron chi connectivity index (χ4n) is 20.1. The van der Waals surface area contributed by atoms with E-state index in [2.05, 4.69) is 180 Å². The number of aryl methyl sites for hydroxylation is 4. The van der Waals surface area contributed by atoms with E-state index in [-0.39, 0.29) is 0 Å². The highest BCUT2D eigenvalue weighted by Gasteiger charge is 2.33. The zero-order chi connectivity index (χ0) is 103. The van der Waals surface area contributed by atoms with Crippen molar-refractivity contribution >= 4 is 245 Å². The minimum atomic E-state index is 0.442. The fraction of sp³-hybridized carbons (Fsp3) is 0.467. The van der Waals surface area contributed by atoms with Crippen molar-refractivity contribution in [3.05, 3.63) is 141 Å². The molecule has 4 unspecified atom stereocenters. The number of pyridine rings is 4. The van der Waals surface area contributed by atoms with Crippen LogP contribution in [0.1, 0.15) is 308 Å². The highest BCUT2D eigenvalue weighted by Crippen LogP contribution is 2.58. The molecule has 788 valence electrons. The molecule has 0 fully saturated rings. The van der Waals surface area contributed by atoms with Gasteiger partial charge in [0.05, 0.1) is 112 Å². The average molecular weight is 2260 g/mol. The van der Waals surface area contributed by atoms with Gasteiger partial charge in [-0.05, 0) is 198 Å². The predicted octanol–water partition coefficient (Wildman–Crippen LogP) is 41.7. The largest absolute Gasteiger partial charge is 0.491 e. The summed E-state index contributed by atoms with van der Waals surface area (Å²) in [5, 5.41) is 4.28. The van der Waals surface area contributed by atoms with Gasteiger partial charge in [0.2, 0.25) is 0 Å². The van der Waals surface area contributed by atoms with Gasteiger partial charge in [-0.25, -0.2) is 0 Å². The minimum Gasteiger partial charge on any atom is -0.491 e. The Balaban J connectivity index is 0.000000190. The molecule has 0 saturated carbocycles. The molecule has 0 aliphatic rings. The second-order valence-electron chi connectivity index (χ2n) is 40.2. The maximum Gasteiger partial charge on any atom is 0.146 e. The second kappa shape index (κ2) is 53.8. The molecule has 0 spiro atoms. The number of nitrogens with zero attached hydrogens (tertiary/aromatic N) is 12. The molecule has 0 N–H and O–H groups in total. The van der Waals surface area contributed by atoms with Crippen molar-refractivity contribution in [3.63, 3.8) is 0 Å². The van der Waals surface area contributed by atoms with Gasteiger partial charge in [-0.3, -0.25) is 19.9 Å². The molecule has 20 rings (SSSR count). The van der Waals surface area contributed by atoms with E-state index in [0.29, 0.717) is 50.1 Å². The third kappa shape index (κ3) is 25.3. The van der Waals surface area contributed by atoms with E-state index in [9.17, 15) is 0 Å². The zero-order valence-electron chi connectivity index (χ0n) is 88.9. The quantitative estimate of drug-likeness (QED) is 0.0327. The molecule has 0 radical (unpaired) electrons. The van der Waals surface area contributed by atoms with Crippen LogP contribution in [0.25, 0.3) is 188 Å². The predicted molar refractivity (Wildman–Crippen MR) is 658 cm³/mol. The number of thiophene rings is 10. The number of fused-ring (bicyclic) bond motifs is 8. The summed E-state index contributed by atoms with van der Waals surface area (Å²) in [6, 6.07) is 36.4. The van der Waals surface area contributed by atoms with Crippen LogP contribution in [-0.4, -0.2) is 81.4 Å². The van der Waals surface area contributed by atoms with Crippen molar-refractivity contribution in [3.8, 4) is 127 Å². The maximum absolute atomic E-state index is 7.26. The molecule has 0 amide bonds. The first kappa shape index (κ1) is 110. The van der Waals surface area contributed by atoms with Crippen LogP contribution in [0.3, 0.4) is 0 Å². The molecule has 4 atom stereocenters. The summed E-state index contributed by atoms with van der Waals surface area (Å²) in [6.45, 7) is 30.0. The molecule has 150 heavy (non-hydrogen) atoms. The van der Waals surface area contributed by atoms with Crippen molar-refractivity contribution < 1.29 is 18.9 Å². The Labute approximate surface area is 941 Å². The number of benzene rings is 2. The number of aromatic nitrogens is 12. The van der Waals surface area contributed by atoms with Gasteiger partial charge in [-0.1, -0.05) is 237 Å². The molecular weight excluding hydrogens is 2120 g/mol. The van der Waals surface area contributed by atoms with E-state index >= 15 is 0 Å². The highest BCUT2D eigenvalue weighted by atomic mass is 32.2. The molecule has 0 aliphatic heterocycles. The molecule has 18 heterocycles. The summed E-state index contributed by atoms with van der Waals surface area (Å²) in [5.41, 5.74) is 14.5. The Morgan fingerprint density at radius 2 is 0.427 bits per heavy atom. The first-order valence-electron chi connectivity index (χ1n) is 55.5. The van der Waals surface area contributed by atoms with Crippen LogP contribution < -0.4 is 18.9 Å². The fourth-order valence-corrected chi connectivity index (χ4v) is 33.4. The summed E-state index contributed by atoms with van der Waals surface area (Å²) >= 11 is 23.2. The van der Waals surface area contributed by atoms with E-state index < -0.39 is 0 Å². The van der Waals surface area contributed by atoms with E-state index in [1.54, 1.807) is 68.0 Å². The first-order chi connectivity index (χ1) is 73.8. The molecule has 0 saturated heterocycles. The van der Waals surface area contributed by atoms with Crippen LogP contribution in [0, 0.1) is 23.7 Å². The van der Waals surface area contributed by atoms with Crippen LogP contribution >= 0.6 is 160 Å². The molecule has 20 aromatic rings. The Kier molecular flexibility index (Phi) is 39.4. The number of ether oxygens (including phenoxy) is 4. The maximum atomic E-state index is 7.26. The molecule has 30 heteroatoms. The molecule has 0 aliphatic carbocycles. The molecule has 2 aromatic carbocycles. The van der Waals surface area contributed by atoms with Gasteiger partial charge >= 0.3 is 0 Å². The van der Waals surface area contributed by atoms with Crippen LogP contribution in [0.5, 0.6) is 23.0 Å². The molecule has 16 nitrogen and oxygen atoms in total. The number of unbranched alkanes of at least 4 members (excludes halogenated alkanes) is 16. The summed E-state index contributed by atoms with van der Waals surface area (Å²) in [7, 11) is 0. The van der Waals surface area contributed by atoms with Crippen molar-refractivity contribution in [2.24, 2.45) is 23.7 Å². The Morgan fingerprint density at radius 3 is 0.673 bits per heavy atom. The van der Waals surface area contributed by atoms with Crippen molar-refractivity contribution in [1.29, 1.82) is 0 Å². The van der Waals surface area contributed by atoms with Crippen LogP contribution in [0.4, 0.5) is 0 Å². The molecule has 0 bridgehead atoms. The summed E-state index contributed by atoms with van der Waals surface area (Å²) in [4.78, 5) is 40.5. The van der Waals surface area contributed by atoms with Crippen LogP contribution in [0.2, 0.25) is 0 Å². The summed E-state index contributed by atoms with van der Waals surface area (Å²) < 4.78 is 72.8. The van der Waals surface area contributed by atoms with Crippen molar-refractivity contribution in [2.75, 3.05) is 26.4 Å². The smallest absolute Gasteiger partial charge is 0.146 e. The minimum absolute atomic E-state index is 0.442. The summed E-state index contributed by atoms with van der Waals surface area (Å²) in [5.74, 6) is 5.48. The number of hydrogen-bond donors (Lipinski definition) is 0. The SMILES string of the molecule is CCCCCCc1ccc(-c2ccc(-c3ncc(-c4cc5c(OCC(CC)CCCC)c6sc(-c7cnc(-c8ccc(-c9ccc(CCCCCC)s9)s8)c8nsnc78)cc6c(OCC(CC)CCCC)c5s4)c4nsnc34)s2)s1.CCCCCCc1ccc(-c2ncc(-c3cc4c(OCC(CC)CCCC)c5sc(-c6cnc(-c7ccc(CCCCCC)s7)c7nsnc67)cc5c(OCC(CC)CCCC)c4s3)c3nsnc23)s1. The van der Waals surface area contributed by atoms with Gasteiger partial charge in [0.25, 0.3) is 0 Å². The van der Waals surface area contributed by atoms with Gasteiger partial charge < -0.3 is 18.9 Å². The van der Waals surface area contributed by atoms with Gasteiger partial charge in [-0.15, -0.1) is 113 Å². The van der Waals surface area contributed by atoms with Gasteiger partial charge in [0.1, 0.15) is 89.9 Å². The van der Waals surface area contributed by atoms with Crippen molar-refractivity contribution in [1.82, 2.24) is 54.9 Å². The lowest BCUT2D eigenvalue weighted by atomic mass is 10.0. The monoisotopic (exact) mass is 2260 g/mol. The molecular formula is C120H140N12O4S14. The van der Waals surface area contributed by atoms with E-state index in [4.69, 9.17) is 73.9 Å². The van der Waals surface area contributed by atoms with E-state index in [0.717, 1.165) is 269 Å². The third-order valence-corrected chi connectivity index (χ3v) is 43.3. The molecule has 18 aromatic heterocycles. The van der Waals surface area contributed by atoms with E-state index in [1.165, 1.54) is 240 Å². The Hall–Kier alpha value is -8.44. The first-order valence-corrected chi connectivity index (χ1v) is 66.5.